The zero-order valence-electron chi connectivity index (χ0n) is 9.26. The lowest BCUT2D eigenvalue weighted by Gasteiger charge is -2.13. The summed E-state index contributed by atoms with van der Waals surface area (Å²) in [6.45, 7) is 11.9. The molecule has 1 aromatic rings. The quantitative estimate of drug-likeness (QED) is 0.697. The van der Waals surface area contributed by atoms with Gasteiger partial charge < -0.3 is 0 Å². The van der Waals surface area contributed by atoms with Crippen molar-refractivity contribution in [1.82, 2.24) is 9.78 Å². The third-order valence-corrected chi connectivity index (χ3v) is 2.09. The molecule has 1 radical (unpaired) electrons. The first-order valence-electron chi connectivity index (χ1n) is 4.97. The molecule has 13 heavy (non-hydrogen) atoms. The summed E-state index contributed by atoms with van der Waals surface area (Å²) in [6, 6.07) is 0. The first kappa shape index (κ1) is 10.3. The van der Waals surface area contributed by atoms with Gasteiger partial charge in [0.2, 0.25) is 0 Å². The molecule has 73 valence electrons. The summed E-state index contributed by atoms with van der Waals surface area (Å²) in [5.74, 6) is 1.18. The summed E-state index contributed by atoms with van der Waals surface area (Å²) >= 11 is 0. The number of hydrogen-bond donors (Lipinski definition) is 0. The van der Waals surface area contributed by atoms with Gasteiger partial charge in [0.05, 0.1) is 0 Å². The minimum Gasteiger partial charge on any atom is -0.268 e. The second-order valence-electron chi connectivity index (χ2n) is 4.35. The fourth-order valence-electron chi connectivity index (χ4n) is 1.66. The Kier molecular flexibility index (Phi) is 3.12. The largest absolute Gasteiger partial charge is 0.268 e. The maximum Gasteiger partial charge on any atom is 0.116 e. The molecule has 0 atom stereocenters. The van der Waals surface area contributed by atoms with Gasteiger partial charge in [-0.25, -0.2) is 0 Å². The molecule has 0 amide bonds. The third-order valence-electron chi connectivity index (χ3n) is 2.09. The molecule has 0 bridgehead atoms. The Hall–Kier alpha value is -0.790. The fraction of sp³-hybridized carbons (Fsp3) is 0.727. The van der Waals surface area contributed by atoms with E-state index in [0.29, 0.717) is 11.8 Å². The van der Waals surface area contributed by atoms with Gasteiger partial charge in [-0.2, -0.15) is 5.10 Å². The van der Waals surface area contributed by atoms with Crippen LogP contribution in [0.1, 0.15) is 44.9 Å². The third kappa shape index (κ3) is 2.33. The van der Waals surface area contributed by atoms with Crippen LogP contribution in [0.3, 0.4) is 0 Å². The van der Waals surface area contributed by atoms with E-state index in [0.717, 1.165) is 6.54 Å². The number of nitrogens with zero attached hydrogens (tertiary/aromatic N) is 2. The van der Waals surface area contributed by atoms with Crippen molar-refractivity contribution in [3.63, 3.8) is 0 Å². The maximum absolute atomic E-state index is 4.27. The lowest BCUT2D eigenvalue weighted by Crippen LogP contribution is -2.11. The molecule has 0 aliphatic heterocycles. The summed E-state index contributed by atoms with van der Waals surface area (Å²) in [7, 11) is 0. The lowest BCUT2D eigenvalue weighted by molar-refractivity contribution is 0.461. The second-order valence-corrected chi connectivity index (χ2v) is 4.35. The van der Waals surface area contributed by atoms with Crippen molar-refractivity contribution >= 4 is 0 Å². The molecule has 0 saturated carbocycles. The zero-order valence-corrected chi connectivity index (χ0v) is 9.26. The minimum atomic E-state index is 0.539. The van der Waals surface area contributed by atoms with Gasteiger partial charge in [0.25, 0.3) is 0 Å². The topological polar surface area (TPSA) is 17.8 Å². The van der Waals surface area contributed by atoms with Gasteiger partial charge in [-0.15, -0.1) is 0 Å². The molecule has 1 aromatic heterocycles. The van der Waals surface area contributed by atoms with Crippen molar-refractivity contribution in [1.29, 1.82) is 0 Å². The molecular formula is C11H19N2. The van der Waals surface area contributed by atoms with Gasteiger partial charge in [0.15, 0.2) is 0 Å². The molecule has 0 aromatic carbocycles. The standard InChI is InChI=1S/C11H19N2/c1-8(2)7-13-11(9(3)4)10(5)6-12-13/h8-9H,7H2,1-5H3. The van der Waals surface area contributed by atoms with Gasteiger partial charge in [0.1, 0.15) is 6.20 Å². The van der Waals surface area contributed by atoms with Crippen molar-refractivity contribution in [2.45, 2.75) is 47.1 Å². The molecule has 1 heterocycles. The highest BCUT2D eigenvalue weighted by molar-refractivity contribution is 5.17. The molecule has 1 rings (SSSR count). The normalized spacial score (nSPS) is 11.6. The fourth-order valence-corrected chi connectivity index (χ4v) is 1.66. The van der Waals surface area contributed by atoms with Crippen LogP contribution in [0.4, 0.5) is 0 Å². The second kappa shape index (κ2) is 3.95. The van der Waals surface area contributed by atoms with Crippen LogP contribution in [-0.4, -0.2) is 9.78 Å². The maximum atomic E-state index is 4.27. The number of aromatic nitrogens is 2. The van der Waals surface area contributed by atoms with Crippen LogP contribution in [0.5, 0.6) is 0 Å². The Morgan fingerprint density at radius 2 is 1.92 bits per heavy atom. The lowest BCUT2D eigenvalue weighted by atomic mass is 10.1. The summed E-state index contributed by atoms with van der Waals surface area (Å²) in [5, 5.41) is 4.27. The van der Waals surface area contributed by atoms with Crippen LogP contribution in [0.2, 0.25) is 0 Å². The Balaban J connectivity index is 2.94. The Morgan fingerprint density at radius 1 is 1.31 bits per heavy atom. The Labute approximate surface area is 81.0 Å². The molecule has 2 heteroatoms. The van der Waals surface area contributed by atoms with E-state index in [1.54, 1.807) is 0 Å². The van der Waals surface area contributed by atoms with Crippen LogP contribution >= 0.6 is 0 Å². The van der Waals surface area contributed by atoms with Crippen molar-refractivity contribution < 1.29 is 0 Å². The highest BCUT2D eigenvalue weighted by Gasteiger charge is 2.11. The van der Waals surface area contributed by atoms with E-state index in [1.165, 1.54) is 11.3 Å². The first-order chi connectivity index (χ1) is 6.02. The van der Waals surface area contributed by atoms with E-state index in [4.69, 9.17) is 0 Å². The van der Waals surface area contributed by atoms with E-state index in [1.807, 2.05) is 0 Å². The molecule has 2 nitrogen and oxygen atoms in total. The average molecular weight is 179 g/mol. The van der Waals surface area contributed by atoms with Crippen LogP contribution < -0.4 is 0 Å². The minimum absolute atomic E-state index is 0.539. The van der Waals surface area contributed by atoms with Crippen LogP contribution in [0.15, 0.2) is 0 Å². The van der Waals surface area contributed by atoms with Gasteiger partial charge >= 0.3 is 0 Å². The monoisotopic (exact) mass is 179 g/mol. The summed E-state index contributed by atoms with van der Waals surface area (Å²) in [5.41, 5.74) is 2.52. The summed E-state index contributed by atoms with van der Waals surface area (Å²) in [4.78, 5) is 0. The van der Waals surface area contributed by atoms with E-state index in [-0.39, 0.29) is 0 Å². The molecule has 0 aliphatic carbocycles. The van der Waals surface area contributed by atoms with Crippen LogP contribution in [0.25, 0.3) is 0 Å². The summed E-state index contributed by atoms with van der Waals surface area (Å²) < 4.78 is 2.09. The Morgan fingerprint density at radius 3 is 2.38 bits per heavy atom. The van der Waals surface area contributed by atoms with E-state index < -0.39 is 0 Å². The SMILES string of the molecule is Cc1[c]nn(CC(C)C)c1C(C)C. The van der Waals surface area contributed by atoms with Gasteiger partial charge in [-0.1, -0.05) is 27.7 Å². The molecule has 0 aliphatic rings. The van der Waals surface area contributed by atoms with E-state index in [2.05, 4.69) is 50.6 Å². The number of rotatable bonds is 3. The molecule has 0 N–H and O–H groups in total. The van der Waals surface area contributed by atoms with Crippen LogP contribution in [0, 0.1) is 19.0 Å². The Bertz CT molecular complexity index is 272. The van der Waals surface area contributed by atoms with E-state index >= 15 is 0 Å². The first-order valence-corrected chi connectivity index (χ1v) is 4.97. The molecule has 0 spiro atoms. The predicted octanol–water partition coefficient (Wildman–Crippen LogP) is 2.77. The van der Waals surface area contributed by atoms with Gasteiger partial charge in [0, 0.05) is 17.8 Å². The zero-order chi connectivity index (χ0) is 10.0. The van der Waals surface area contributed by atoms with Crippen molar-refractivity contribution in [2.24, 2.45) is 5.92 Å². The molecule has 0 fully saturated rings. The summed E-state index contributed by atoms with van der Waals surface area (Å²) in [6.07, 6.45) is 3.04. The number of hydrogen-bond acceptors (Lipinski definition) is 1. The van der Waals surface area contributed by atoms with Crippen molar-refractivity contribution in [3.05, 3.63) is 17.5 Å². The highest BCUT2D eigenvalue weighted by atomic mass is 15.3. The average Bonchev–Trinajstić information content (AvgIpc) is 2.30. The molecular weight excluding hydrogens is 160 g/mol. The predicted molar refractivity (Wildman–Crippen MR) is 54.7 cm³/mol. The number of aryl methyl sites for hydroxylation is 1. The van der Waals surface area contributed by atoms with Crippen LogP contribution in [-0.2, 0) is 6.54 Å². The molecule has 0 unspecified atom stereocenters. The van der Waals surface area contributed by atoms with Crippen molar-refractivity contribution in [2.75, 3.05) is 0 Å². The highest BCUT2D eigenvalue weighted by Crippen LogP contribution is 2.18. The van der Waals surface area contributed by atoms with E-state index in [9.17, 15) is 0 Å². The van der Waals surface area contributed by atoms with Gasteiger partial charge in [-0.05, 0) is 18.8 Å². The van der Waals surface area contributed by atoms with Gasteiger partial charge in [-0.3, -0.25) is 4.68 Å². The van der Waals surface area contributed by atoms with Crippen molar-refractivity contribution in [3.8, 4) is 0 Å². The molecule has 0 saturated heterocycles. The smallest absolute Gasteiger partial charge is 0.116 e.